The van der Waals surface area contributed by atoms with Crippen molar-refractivity contribution in [2.75, 3.05) is 14.2 Å². The van der Waals surface area contributed by atoms with Gasteiger partial charge in [-0.3, -0.25) is 4.79 Å². The average molecular weight is 328 g/mol. The monoisotopic (exact) mass is 328 g/mol. The van der Waals surface area contributed by atoms with Crippen LogP contribution in [0.5, 0.6) is 11.5 Å². The predicted octanol–water partition coefficient (Wildman–Crippen LogP) is 4.58. The van der Waals surface area contributed by atoms with Crippen LogP contribution in [0.2, 0.25) is 0 Å². The fraction of sp³-hybridized carbons (Fsp3) is 0.316. The van der Waals surface area contributed by atoms with E-state index in [1.807, 2.05) is 60.3 Å². The minimum absolute atomic E-state index is 0.113. The molecule has 3 rings (SSSR count). The van der Waals surface area contributed by atoms with Crippen molar-refractivity contribution in [3.63, 3.8) is 0 Å². The van der Waals surface area contributed by atoms with E-state index < -0.39 is 0 Å². The maximum absolute atomic E-state index is 12.3. The second-order valence-corrected chi connectivity index (χ2v) is 6.95. The topological polar surface area (TPSA) is 35.5 Å². The number of Topliss-reactive ketones (excluding diaryl/α,β-unsaturated/α-hetero) is 1. The fourth-order valence-corrected chi connectivity index (χ4v) is 4.67. The van der Waals surface area contributed by atoms with Crippen LogP contribution in [0, 0.1) is 0 Å². The van der Waals surface area contributed by atoms with Crippen LogP contribution in [0.15, 0.2) is 48.5 Å². The summed E-state index contributed by atoms with van der Waals surface area (Å²) in [6, 6.07) is 15.9. The van der Waals surface area contributed by atoms with Gasteiger partial charge in [-0.2, -0.15) is 0 Å². The van der Waals surface area contributed by atoms with Crippen LogP contribution in [0.25, 0.3) is 0 Å². The largest absolute Gasteiger partial charge is 0.496 e. The molecule has 0 N–H and O–H groups in total. The maximum atomic E-state index is 12.3. The molecule has 1 fully saturated rings. The number of benzene rings is 2. The van der Waals surface area contributed by atoms with Crippen LogP contribution in [0.4, 0.5) is 0 Å². The highest BCUT2D eigenvalue weighted by molar-refractivity contribution is 7.99. The highest BCUT2D eigenvalue weighted by Gasteiger charge is 2.32. The summed E-state index contributed by atoms with van der Waals surface area (Å²) in [6.45, 7) is 0. The Kier molecular flexibility index (Phi) is 4.91. The first-order valence-electron chi connectivity index (χ1n) is 7.66. The number of hydrogen-bond donors (Lipinski definition) is 0. The molecule has 1 heterocycles. The lowest BCUT2D eigenvalue weighted by molar-refractivity contribution is -0.119. The van der Waals surface area contributed by atoms with Gasteiger partial charge in [-0.05, 0) is 12.1 Å². The lowest BCUT2D eigenvalue weighted by Crippen LogP contribution is -2.16. The molecule has 0 unspecified atom stereocenters. The molecule has 0 amide bonds. The predicted molar refractivity (Wildman–Crippen MR) is 93.3 cm³/mol. The van der Waals surface area contributed by atoms with Crippen molar-refractivity contribution in [2.45, 2.75) is 23.3 Å². The molecule has 2 aromatic rings. The summed E-state index contributed by atoms with van der Waals surface area (Å²) in [6.07, 6.45) is 1.10. The number of ketones is 1. The number of methoxy groups -OCH3 is 2. The van der Waals surface area contributed by atoms with Gasteiger partial charge in [0.2, 0.25) is 0 Å². The number of carbonyl (C=O) groups excluding carboxylic acids is 1. The van der Waals surface area contributed by atoms with E-state index in [2.05, 4.69) is 0 Å². The van der Waals surface area contributed by atoms with Gasteiger partial charge in [0.25, 0.3) is 0 Å². The average Bonchev–Trinajstić information content (AvgIpc) is 2.61. The van der Waals surface area contributed by atoms with E-state index in [-0.39, 0.29) is 16.3 Å². The van der Waals surface area contributed by atoms with Gasteiger partial charge in [-0.15, -0.1) is 11.8 Å². The molecule has 0 bridgehead atoms. The summed E-state index contributed by atoms with van der Waals surface area (Å²) in [5.41, 5.74) is 2.18. The Balaban J connectivity index is 1.92. The quantitative estimate of drug-likeness (QED) is 0.823. The molecule has 0 spiro atoms. The zero-order chi connectivity index (χ0) is 16.2. The summed E-state index contributed by atoms with van der Waals surface area (Å²) < 4.78 is 10.9. The molecule has 120 valence electrons. The van der Waals surface area contributed by atoms with E-state index in [1.54, 1.807) is 14.2 Å². The maximum Gasteiger partial charge on any atom is 0.135 e. The summed E-state index contributed by atoms with van der Waals surface area (Å²) in [7, 11) is 3.34. The Bertz CT molecular complexity index is 641. The minimum atomic E-state index is 0.113. The third-order valence-electron chi connectivity index (χ3n) is 4.13. The van der Waals surface area contributed by atoms with Gasteiger partial charge in [0, 0.05) is 34.5 Å². The number of thioether (sulfide) groups is 1. The van der Waals surface area contributed by atoms with Crippen LogP contribution >= 0.6 is 11.8 Å². The standard InChI is InChI=1S/C19H20O3S/c1-21-16-9-5-3-7-14(16)18-11-13(20)12-19(23-18)15-8-4-6-10-17(15)22-2/h3-10,18-19H,11-12H2,1-2H3/t18-,19+. The summed E-state index contributed by atoms with van der Waals surface area (Å²) in [5.74, 6) is 1.98. The van der Waals surface area contributed by atoms with Crippen LogP contribution in [-0.4, -0.2) is 20.0 Å². The van der Waals surface area contributed by atoms with Crippen molar-refractivity contribution in [1.29, 1.82) is 0 Å². The highest BCUT2D eigenvalue weighted by atomic mass is 32.2. The van der Waals surface area contributed by atoms with E-state index >= 15 is 0 Å². The first-order chi connectivity index (χ1) is 11.2. The first-order valence-corrected chi connectivity index (χ1v) is 8.60. The van der Waals surface area contributed by atoms with Crippen molar-refractivity contribution in [3.05, 3.63) is 59.7 Å². The van der Waals surface area contributed by atoms with Gasteiger partial charge < -0.3 is 9.47 Å². The van der Waals surface area contributed by atoms with E-state index in [0.717, 1.165) is 22.6 Å². The molecule has 23 heavy (non-hydrogen) atoms. The highest BCUT2D eigenvalue weighted by Crippen LogP contribution is 2.52. The van der Waals surface area contributed by atoms with Crippen LogP contribution in [0.1, 0.15) is 34.5 Å². The van der Waals surface area contributed by atoms with Crippen LogP contribution in [-0.2, 0) is 4.79 Å². The van der Waals surface area contributed by atoms with Crippen molar-refractivity contribution in [1.82, 2.24) is 0 Å². The van der Waals surface area contributed by atoms with Crippen LogP contribution in [0.3, 0.4) is 0 Å². The molecule has 1 aliphatic rings. The molecular formula is C19H20O3S. The lowest BCUT2D eigenvalue weighted by Gasteiger charge is -2.30. The van der Waals surface area contributed by atoms with Crippen molar-refractivity contribution in [2.24, 2.45) is 0 Å². The molecule has 1 saturated heterocycles. The Morgan fingerprint density at radius 2 is 1.26 bits per heavy atom. The van der Waals surface area contributed by atoms with E-state index in [4.69, 9.17) is 9.47 Å². The Morgan fingerprint density at radius 1 is 0.826 bits per heavy atom. The number of carbonyl (C=O) groups is 1. The van der Waals surface area contributed by atoms with E-state index in [9.17, 15) is 4.79 Å². The van der Waals surface area contributed by atoms with Crippen molar-refractivity contribution >= 4 is 17.5 Å². The van der Waals surface area contributed by atoms with Gasteiger partial charge in [0.05, 0.1) is 14.2 Å². The van der Waals surface area contributed by atoms with Crippen molar-refractivity contribution in [3.8, 4) is 11.5 Å². The first kappa shape index (κ1) is 15.9. The van der Waals surface area contributed by atoms with Crippen LogP contribution < -0.4 is 9.47 Å². The van der Waals surface area contributed by atoms with Gasteiger partial charge in [-0.1, -0.05) is 36.4 Å². The third kappa shape index (κ3) is 3.37. The number of rotatable bonds is 4. The molecule has 0 aliphatic carbocycles. The molecule has 2 aromatic carbocycles. The number of ether oxygens (including phenoxy) is 2. The minimum Gasteiger partial charge on any atom is -0.496 e. The summed E-state index contributed by atoms with van der Waals surface area (Å²) >= 11 is 1.82. The van der Waals surface area contributed by atoms with Crippen molar-refractivity contribution < 1.29 is 14.3 Å². The lowest BCUT2D eigenvalue weighted by atomic mass is 9.99. The zero-order valence-electron chi connectivity index (χ0n) is 13.3. The number of para-hydroxylation sites is 2. The summed E-state index contributed by atoms with van der Waals surface area (Å²) in [4.78, 5) is 12.3. The van der Waals surface area contributed by atoms with E-state index in [0.29, 0.717) is 12.8 Å². The Labute approximate surface area is 141 Å². The molecule has 4 heteroatoms. The van der Waals surface area contributed by atoms with Gasteiger partial charge in [0.15, 0.2) is 0 Å². The number of hydrogen-bond acceptors (Lipinski definition) is 4. The molecule has 3 nitrogen and oxygen atoms in total. The fourth-order valence-electron chi connectivity index (χ4n) is 3.02. The Morgan fingerprint density at radius 3 is 1.70 bits per heavy atom. The molecule has 1 aliphatic heterocycles. The third-order valence-corrected chi connectivity index (χ3v) is 5.62. The Hall–Kier alpha value is -1.94. The molecule has 0 aromatic heterocycles. The normalized spacial score (nSPS) is 21.0. The molecular weight excluding hydrogens is 308 g/mol. The zero-order valence-corrected chi connectivity index (χ0v) is 14.1. The SMILES string of the molecule is COc1ccccc1[C@@H]1CC(=O)C[C@H](c2ccccc2OC)S1. The van der Waals surface area contributed by atoms with Gasteiger partial charge in [-0.25, -0.2) is 0 Å². The van der Waals surface area contributed by atoms with Gasteiger partial charge >= 0.3 is 0 Å². The van der Waals surface area contributed by atoms with E-state index in [1.165, 1.54) is 0 Å². The second-order valence-electron chi connectivity index (χ2n) is 5.54. The molecule has 2 atom stereocenters. The smallest absolute Gasteiger partial charge is 0.135 e. The molecule has 0 radical (unpaired) electrons. The molecule has 0 saturated carbocycles. The second kappa shape index (κ2) is 7.09. The van der Waals surface area contributed by atoms with Gasteiger partial charge in [0.1, 0.15) is 17.3 Å². The summed E-state index contributed by atoms with van der Waals surface area (Å²) in [5, 5.41) is 0.227.